The summed E-state index contributed by atoms with van der Waals surface area (Å²) in [7, 11) is 1.49. The fourth-order valence-electron chi connectivity index (χ4n) is 1.72. The van der Waals surface area contributed by atoms with Crippen molar-refractivity contribution in [1.29, 1.82) is 0 Å². The molecule has 0 radical (unpaired) electrons. The van der Waals surface area contributed by atoms with Gasteiger partial charge in [0, 0.05) is 0 Å². The van der Waals surface area contributed by atoms with Gasteiger partial charge in [0.2, 0.25) is 5.75 Å². The van der Waals surface area contributed by atoms with Crippen LogP contribution in [0.5, 0.6) is 11.6 Å². The number of nitrogens with one attached hydrogen (secondary N) is 1. The van der Waals surface area contributed by atoms with Crippen LogP contribution in [-0.4, -0.2) is 23.7 Å². The molecule has 0 saturated heterocycles. The van der Waals surface area contributed by atoms with Crippen LogP contribution in [0.3, 0.4) is 0 Å². The van der Waals surface area contributed by atoms with Crippen molar-refractivity contribution in [2.45, 2.75) is 13.8 Å². The number of nitrogens with zero attached hydrogens (tertiary/aromatic N) is 2. The third-order valence-electron chi connectivity index (χ3n) is 2.63. The Kier molecular flexibility index (Phi) is 4.34. The molecule has 2 aromatic rings. The van der Waals surface area contributed by atoms with Gasteiger partial charge in [-0.2, -0.15) is 4.98 Å². The summed E-state index contributed by atoms with van der Waals surface area (Å²) in [6.45, 7) is 4.09. The van der Waals surface area contributed by atoms with Crippen LogP contribution in [0.4, 0.5) is 15.9 Å². The second-order valence-electron chi connectivity index (χ2n) is 4.10. The van der Waals surface area contributed by atoms with Crippen molar-refractivity contribution in [2.24, 2.45) is 0 Å². The van der Waals surface area contributed by atoms with E-state index in [2.05, 4.69) is 15.3 Å². The number of hydrogen-bond donors (Lipinski definition) is 1. The number of hydrogen-bond acceptors (Lipinski definition) is 5. The Morgan fingerprint density at radius 3 is 2.75 bits per heavy atom. The molecule has 0 bridgehead atoms. The molecular formula is C14H16FN3O2. The van der Waals surface area contributed by atoms with E-state index in [1.807, 2.05) is 19.9 Å². The second-order valence-corrected chi connectivity index (χ2v) is 4.10. The maximum absolute atomic E-state index is 13.9. The molecule has 0 saturated carbocycles. The number of ether oxygens (including phenoxy) is 2. The molecule has 106 valence electrons. The highest BCUT2D eigenvalue weighted by Gasteiger charge is 2.14. The molecule has 2 rings (SSSR count). The third kappa shape index (κ3) is 2.96. The zero-order valence-electron chi connectivity index (χ0n) is 11.6. The maximum Gasteiger partial charge on any atom is 0.262 e. The van der Waals surface area contributed by atoms with E-state index in [4.69, 9.17) is 9.47 Å². The first-order chi connectivity index (χ1) is 9.65. The van der Waals surface area contributed by atoms with E-state index in [1.54, 1.807) is 6.07 Å². The summed E-state index contributed by atoms with van der Waals surface area (Å²) in [6, 6.07) is 4.90. The number of benzene rings is 1. The first-order valence-electron chi connectivity index (χ1n) is 6.20. The Hall–Kier alpha value is -2.37. The topological polar surface area (TPSA) is 56.3 Å². The van der Waals surface area contributed by atoms with Gasteiger partial charge in [-0.3, -0.25) is 0 Å². The Bertz CT molecular complexity index is 605. The van der Waals surface area contributed by atoms with Crippen molar-refractivity contribution in [3.63, 3.8) is 0 Å². The molecule has 0 fully saturated rings. The number of anilines is 2. The zero-order valence-corrected chi connectivity index (χ0v) is 11.6. The lowest BCUT2D eigenvalue weighted by Gasteiger charge is -2.13. The standard InChI is InChI=1S/C14H16FN3O2/c1-4-20-12-13(16-8-17-14(12)19-3)18-11-6-5-9(2)7-10(11)15/h5-8H,4H2,1-3H3,(H,16,17,18). The summed E-state index contributed by atoms with van der Waals surface area (Å²) in [5.74, 6) is 0.667. The molecule has 0 aliphatic rings. The van der Waals surface area contributed by atoms with Crippen LogP contribution >= 0.6 is 0 Å². The van der Waals surface area contributed by atoms with E-state index in [0.717, 1.165) is 5.56 Å². The lowest BCUT2D eigenvalue weighted by Crippen LogP contribution is -2.04. The number of methoxy groups -OCH3 is 1. The fourth-order valence-corrected chi connectivity index (χ4v) is 1.72. The first-order valence-corrected chi connectivity index (χ1v) is 6.20. The highest BCUT2D eigenvalue weighted by atomic mass is 19.1. The number of rotatable bonds is 5. The predicted molar refractivity (Wildman–Crippen MR) is 74.2 cm³/mol. The third-order valence-corrected chi connectivity index (χ3v) is 2.63. The number of aryl methyl sites for hydroxylation is 1. The molecule has 0 atom stereocenters. The van der Waals surface area contributed by atoms with E-state index >= 15 is 0 Å². The molecule has 0 aliphatic heterocycles. The molecule has 6 heteroatoms. The second kappa shape index (κ2) is 6.18. The number of halogens is 1. The molecule has 0 unspecified atom stereocenters. The van der Waals surface area contributed by atoms with Gasteiger partial charge >= 0.3 is 0 Å². The first kappa shape index (κ1) is 14.0. The smallest absolute Gasteiger partial charge is 0.262 e. The summed E-state index contributed by atoms with van der Waals surface area (Å²) in [6.07, 6.45) is 1.33. The van der Waals surface area contributed by atoms with Gasteiger partial charge in [-0.15, -0.1) is 0 Å². The molecule has 20 heavy (non-hydrogen) atoms. The van der Waals surface area contributed by atoms with Crippen molar-refractivity contribution in [3.8, 4) is 11.6 Å². The minimum atomic E-state index is -0.356. The summed E-state index contributed by atoms with van der Waals surface area (Å²) in [4.78, 5) is 8.03. The average molecular weight is 277 g/mol. The molecular weight excluding hydrogens is 261 g/mol. The molecule has 0 spiro atoms. The van der Waals surface area contributed by atoms with E-state index < -0.39 is 0 Å². The zero-order chi connectivity index (χ0) is 14.5. The minimum absolute atomic E-state index is 0.303. The van der Waals surface area contributed by atoms with Gasteiger partial charge in [0.25, 0.3) is 5.88 Å². The largest absolute Gasteiger partial charge is 0.486 e. The Labute approximate surface area is 116 Å². The van der Waals surface area contributed by atoms with Crippen molar-refractivity contribution in [3.05, 3.63) is 35.9 Å². The van der Waals surface area contributed by atoms with E-state index in [1.165, 1.54) is 19.5 Å². The summed E-state index contributed by atoms with van der Waals surface area (Å²) in [5.41, 5.74) is 1.16. The molecule has 1 aromatic carbocycles. The van der Waals surface area contributed by atoms with Gasteiger partial charge < -0.3 is 14.8 Å². The molecule has 1 N–H and O–H groups in total. The van der Waals surface area contributed by atoms with Crippen LogP contribution in [-0.2, 0) is 0 Å². The molecule has 0 aliphatic carbocycles. The van der Waals surface area contributed by atoms with Gasteiger partial charge in [0.1, 0.15) is 12.1 Å². The van der Waals surface area contributed by atoms with Gasteiger partial charge in [0.05, 0.1) is 19.4 Å². The fraction of sp³-hybridized carbons (Fsp3) is 0.286. The monoisotopic (exact) mass is 277 g/mol. The van der Waals surface area contributed by atoms with Gasteiger partial charge in [-0.1, -0.05) is 6.07 Å². The van der Waals surface area contributed by atoms with Crippen LogP contribution in [0.25, 0.3) is 0 Å². The summed E-state index contributed by atoms with van der Waals surface area (Å²) >= 11 is 0. The Balaban J connectivity index is 2.37. The highest BCUT2D eigenvalue weighted by molar-refractivity contribution is 5.65. The predicted octanol–water partition coefficient (Wildman–Crippen LogP) is 3.08. The van der Waals surface area contributed by atoms with Crippen molar-refractivity contribution in [1.82, 2.24) is 9.97 Å². The quantitative estimate of drug-likeness (QED) is 0.910. The molecule has 0 amide bonds. The summed E-state index contributed by atoms with van der Waals surface area (Å²) in [5, 5.41) is 2.90. The van der Waals surface area contributed by atoms with Crippen LogP contribution in [0.15, 0.2) is 24.5 Å². The summed E-state index contributed by atoms with van der Waals surface area (Å²) < 4.78 is 24.4. The average Bonchev–Trinajstić information content (AvgIpc) is 2.43. The highest BCUT2D eigenvalue weighted by Crippen LogP contribution is 2.33. The van der Waals surface area contributed by atoms with Crippen molar-refractivity contribution in [2.75, 3.05) is 19.0 Å². The van der Waals surface area contributed by atoms with E-state index in [-0.39, 0.29) is 5.82 Å². The van der Waals surface area contributed by atoms with Gasteiger partial charge in [-0.05, 0) is 31.5 Å². The van der Waals surface area contributed by atoms with Crippen molar-refractivity contribution >= 4 is 11.5 Å². The van der Waals surface area contributed by atoms with E-state index in [9.17, 15) is 4.39 Å². The van der Waals surface area contributed by atoms with Crippen LogP contribution in [0.2, 0.25) is 0 Å². The Morgan fingerprint density at radius 2 is 2.10 bits per heavy atom. The SMILES string of the molecule is CCOc1c(Nc2ccc(C)cc2F)ncnc1OC. The maximum atomic E-state index is 13.9. The lowest BCUT2D eigenvalue weighted by atomic mass is 10.2. The number of aromatic nitrogens is 2. The van der Waals surface area contributed by atoms with Crippen molar-refractivity contribution < 1.29 is 13.9 Å². The normalized spacial score (nSPS) is 10.2. The molecule has 5 nitrogen and oxygen atoms in total. The van der Waals surface area contributed by atoms with Crippen LogP contribution < -0.4 is 14.8 Å². The van der Waals surface area contributed by atoms with Crippen LogP contribution in [0.1, 0.15) is 12.5 Å². The van der Waals surface area contributed by atoms with Gasteiger partial charge in [-0.25, -0.2) is 9.37 Å². The lowest BCUT2D eigenvalue weighted by molar-refractivity contribution is 0.304. The molecule has 1 aromatic heterocycles. The van der Waals surface area contributed by atoms with Gasteiger partial charge in [0.15, 0.2) is 5.82 Å². The Morgan fingerprint density at radius 1 is 1.30 bits per heavy atom. The van der Waals surface area contributed by atoms with Crippen LogP contribution in [0, 0.1) is 12.7 Å². The molecule has 1 heterocycles. The minimum Gasteiger partial charge on any atom is -0.486 e. The van der Waals surface area contributed by atoms with E-state index in [0.29, 0.717) is 29.7 Å².